The number of benzene rings is 2. The number of Topliss-reactive ketones (excluding diaryl/α,β-unsaturated/α-hetero) is 1. The number of carbonyl (C=O) groups is 2. The number of amides is 1. The third kappa shape index (κ3) is 6.38. The molecular weight excluding hydrogens is 533 g/mol. The highest BCUT2D eigenvalue weighted by molar-refractivity contribution is 8.14. The maximum Gasteiger partial charge on any atom is 0.247 e. The number of methoxy groups -OCH3 is 1. The lowest BCUT2D eigenvalue weighted by Gasteiger charge is -2.28. The average molecular weight is 566 g/mol. The monoisotopic (exact) mass is 565 g/mol. The minimum atomic E-state index is -0.501. The number of para-hydroxylation sites is 1. The Labute approximate surface area is 236 Å². The number of hydrogen-bond acceptors (Lipinski definition) is 8. The summed E-state index contributed by atoms with van der Waals surface area (Å²) in [6.07, 6.45) is 5.59. The van der Waals surface area contributed by atoms with E-state index in [4.69, 9.17) is 19.1 Å². The predicted molar refractivity (Wildman–Crippen MR) is 150 cm³/mol. The summed E-state index contributed by atoms with van der Waals surface area (Å²) >= 11 is 1.41. The number of aryl methyl sites for hydroxylation is 2. The summed E-state index contributed by atoms with van der Waals surface area (Å²) in [6, 6.07) is 13.3. The van der Waals surface area contributed by atoms with Crippen molar-refractivity contribution in [1.82, 2.24) is 10.2 Å². The van der Waals surface area contributed by atoms with Crippen LogP contribution in [0.25, 0.3) is 0 Å². The Morgan fingerprint density at radius 3 is 2.60 bits per heavy atom. The van der Waals surface area contributed by atoms with E-state index in [1.54, 1.807) is 30.1 Å². The first-order chi connectivity index (χ1) is 19.4. The van der Waals surface area contributed by atoms with Crippen LogP contribution in [0.2, 0.25) is 0 Å². The van der Waals surface area contributed by atoms with Gasteiger partial charge >= 0.3 is 0 Å². The molecule has 1 saturated carbocycles. The zero-order chi connectivity index (χ0) is 28.1. The van der Waals surface area contributed by atoms with E-state index < -0.39 is 5.37 Å². The highest BCUT2D eigenvalue weighted by Crippen LogP contribution is 2.48. The van der Waals surface area contributed by atoms with E-state index >= 15 is 0 Å². The van der Waals surface area contributed by atoms with Gasteiger partial charge in [-0.1, -0.05) is 48.3 Å². The van der Waals surface area contributed by atoms with Gasteiger partial charge in [0, 0.05) is 36.0 Å². The molecule has 0 spiro atoms. The fourth-order valence-electron chi connectivity index (χ4n) is 5.04. The molecule has 2 aromatic carbocycles. The molecule has 1 unspecified atom stereocenters. The summed E-state index contributed by atoms with van der Waals surface area (Å²) in [5.74, 6) is 1.01. The van der Waals surface area contributed by atoms with Crippen LogP contribution in [0, 0.1) is 18.7 Å². The second kappa shape index (κ2) is 12.7. The Bertz CT molecular complexity index is 1380. The van der Waals surface area contributed by atoms with Crippen molar-refractivity contribution in [3.63, 3.8) is 0 Å². The van der Waals surface area contributed by atoms with Crippen molar-refractivity contribution in [2.24, 2.45) is 11.0 Å². The molecule has 0 N–H and O–H groups in total. The second-order valence-electron chi connectivity index (χ2n) is 10.0. The van der Waals surface area contributed by atoms with Crippen molar-refractivity contribution in [2.75, 3.05) is 13.7 Å². The first-order valence-electron chi connectivity index (χ1n) is 13.5. The summed E-state index contributed by atoms with van der Waals surface area (Å²) in [5.41, 5.74) is 2.17. The van der Waals surface area contributed by atoms with Crippen LogP contribution >= 0.6 is 11.8 Å². The molecule has 0 radical (unpaired) electrons. The molecule has 3 aromatic rings. The van der Waals surface area contributed by atoms with Crippen LogP contribution in [0.5, 0.6) is 11.5 Å². The second-order valence-corrected chi connectivity index (χ2v) is 11.1. The standard InChI is InChI=1S/C30H32FN3O5S/c1-19-17-23(33-39-19)15-16-24(35)18-38-26-10-6-9-25(27(26)37-2)30-34(29(36)21-7-4-3-5-8-21)32-28(40-30)20-11-13-22(31)14-12-20/h6,9-14,17,21,30H,3-5,7-8,15-16,18H2,1-2H3. The van der Waals surface area contributed by atoms with Gasteiger partial charge in [0.25, 0.3) is 0 Å². The zero-order valence-electron chi connectivity index (χ0n) is 22.6. The fourth-order valence-corrected chi connectivity index (χ4v) is 6.22. The normalized spacial score (nSPS) is 17.5. The smallest absolute Gasteiger partial charge is 0.247 e. The van der Waals surface area contributed by atoms with Crippen LogP contribution in [0.3, 0.4) is 0 Å². The maximum absolute atomic E-state index is 13.7. The van der Waals surface area contributed by atoms with E-state index in [0.29, 0.717) is 34.3 Å². The molecule has 0 bridgehead atoms. The average Bonchev–Trinajstić information content (AvgIpc) is 3.61. The molecule has 0 saturated heterocycles. The number of halogens is 1. The van der Waals surface area contributed by atoms with E-state index in [-0.39, 0.29) is 36.5 Å². The summed E-state index contributed by atoms with van der Waals surface area (Å²) in [4.78, 5) is 26.3. The van der Waals surface area contributed by atoms with Crippen molar-refractivity contribution in [1.29, 1.82) is 0 Å². The molecular formula is C30H32FN3O5S. The van der Waals surface area contributed by atoms with Crippen LogP contribution in [-0.2, 0) is 16.0 Å². The first-order valence-corrected chi connectivity index (χ1v) is 14.4. The third-order valence-electron chi connectivity index (χ3n) is 7.12. The lowest BCUT2D eigenvalue weighted by atomic mass is 9.88. The zero-order valence-corrected chi connectivity index (χ0v) is 23.4. The molecule has 1 fully saturated rings. The number of nitrogens with zero attached hydrogens (tertiary/aromatic N) is 3. The quantitative estimate of drug-likeness (QED) is 0.288. The van der Waals surface area contributed by atoms with Gasteiger partial charge in [0.05, 0.1) is 12.8 Å². The van der Waals surface area contributed by atoms with Crippen molar-refractivity contribution in [3.05, 3.63) is 76.9 Å². The van der Waals surface area contributed by atoms with Gasteiger partial charge in [0.1, 0.15) is 28.6 Å². The summed E-state index contributed by atoms with van der Waals surface area (Å²) < 4.78 is 30.3. The van der Waals surface area contributed by atoms with Gasteiger partial charge in [-0.3, -0.25) is 9.59 Å². The van der Waals surface area contributed by atoms with Crippen molar-refractivity contribution < 1.29 is 28.0 Å². The fraction of sp³-hybridized carbons (Fsp3) is 0.400. The van der Waals surface area contributed by atoms with Gasteiger partial charge in [-0.05, 0) is 50.1 Å². The number of rotatable bonds is 10. The molecule has 8 nitrogen and oxygen atoms in total. The van der Waals surface area contributed by atoms with Crippen LogP contribution < -0.4 is 9.47 Å². The lowest BCUT2D eigenvalue weighted by molar-refractivity contribution is -0.137. The number of hydrazone groups is 1. The van der Waals surface area contributed by atoms with E-state index in [0.717, 1.165) is 43.4 Å². The first kappa shape index (κ1) is 27.9. The van der Waals surface area contributed by atoms with Crippen molar-refractivity contribution >= 4 is 28.5 Å². The van der Waals surface area contributed by atoms with Gasteiger partial charge in [-0.2, -0.15) is 5.10 Å². The van der Waals surface area contributed by atoms with Gasteiger partial charge < -0.3 is 14.0 Å². The highest BCUT2D eigenvalue weighted by atomic mass is 32.2. The Morgan fingerprint density at radius 2 is 1.90 bits per heavy atom. The van der Waals surface area contributed by atoms with Crippen LogP contribution in [0.1, 0.15) is 66.5 Å². The Balaban J connectivity index is 1.36. The number of ether oxygens (including phenoxy) is 2. The van der Waals surface area contributed by atoms with Gasteiger partial charge in [0.2, 0.25) is 5.91 Å². The number of thioether (sulfide) groups is 1. The van der Waals surface area contributed by atoms with E-state index in [2.05, 4.69) is 5.16 Å². The molecule has 2 aliphatic rings. The lowest BCUT2D eigenvalue weighted by Crippen LogP contribution is -2.33. The maximum atomic E-state index is 13.7. The number of aromatic nitrogens is 1. The van der Waals surface area contributed by atoms with Gasteiger partial charge in [-0.25, -0.2) is 9.40 Å². The third-order valence-corrected chi connectivity index (χ3v) is 8.34. The van der Waals surface area contributed by atoms with Crippen LogP contribution in [0.4, 0.5) is 4.39 Å². The molecule has 1 amide bonds. The Kier molecular flexibility index (Phi) is 8.84. The molecule has 1 atom stereocenters. The molecule has 1 aromatic heterocycles. The largest absolute Gasteiger partial charge is 0.492 e. The van der Waals surface area contributed by atoms with Crippen LogP contribution in [-0.4, -0.2) is 40.6 Å². The number of ketones is 1. The topological polar surface area (TPSA) is 94.2 Å². The van der Waals surface area contributed by atoms with E-state index in [1.807, 2.05) is 18.2 Å². The molecule has 210 valence electrons. The molecule has 40 heavy (non-hydrogen) atoms. The van der Waals surface area contributed by atoms with Crippen LogP contribution in [0.15, 0.2) is 58.2 Å². The molecule has 5 rings (SSSR count). The van der Waals surface area contributed by atoms with Gasteiger partial charge in [0.15, 0.2) is 17.3 Å². The number of carbonyl (C=O) groups excluding carboxylic acids is 2. The predicted octanol–water partition coefficient (Wildman–Crippen LogP) is 6.23. The minimum absolute atomic E-state index is 0.0269. The van der Waals surface area contributed by atoms with Crippen molar-refractivity contribution in [2.45, 2.75) is 57.2 Å². The van der Waals surface area contributed by atoms with Gasteiger partial charge in [-0.15, -0.1) is 0 Å². The molecule has 1 aliphatic heterocycles. The molecule has 2 heterocycles. The van der Waals surface area contributed by atoms with Crippen molar-refractivity contribution in [3.8, 4) is 11.5 Å². The summed E-state index contributed by atoms with van der Waals surface area (Å²) in [6.45, 7) is 1.68. The number of hydrogen-bond donors (Lipinski definition) is 0. The molecule has 10 heteroatoms. The minimum Gasteiger partial charge on any atom is -0.492 e. The molecule has 1 aliphatic carbocycles. The Morgan fingerprint density at radius 1 is 1.12 bits per heavy atom. The van der Waals surface area contributed by atoms with E-state index in [1.165, 1.54) is 31.0 Å². The highest BCUT2D eigenvalue weighted by Gasteiger charge is 2.39. The SMILES string of the molecule is COc1c(OCC(=O)CCc2cc(C)on2)cccc1C1SC(c2ccc(F)cc2)=NN1C(=O)C1CCCCC1. The summed E-state index contributed by atoms with van der Waals surface area (Å²) in [7, 11) is 1.54. The Hall–Kier alpha value is -3.66. The van der Waals surface area contributed by atoms with E-state index in [9.17, 15) is 14.0 Å². The summed E-state index contributed by atoms with van der Waals surface area (Å²) in [5, 5.41) is 10.3.